The van der Waals surface area contributed by atoms with Gasteiger partial charge in [-0.25, -0.2) is 9.98 Å². The van der Waals surface area contributed by atoms with Gasteiger partial charge in [-0.1, -0.05) is 30.3 Å². The van der Waals surface area contributed by atoms with E-state index in [9.17, 15) is 13.2 Å². The van der Waals surface area contributed by atoms with Crippen molar-refractivity contribution in [3.63, 3.8) is 0 Å². The standard InChI is InChI=1S/C19H22F3N9OS/c20-19(21,22)12-27-17(23)28-14-7-9-25-18(29-14)32-10-4-8-24-15-16(31-33-30-15)26-11-13-5-2-1-3-6-13/h1-3,5-7,9H,4,8,10-12H2,(H,24,30)(H,26,31)(H3,23,25,27,28,29). The van der Waals surface area contributed by atoms with E-state index in [0.717, 1.165) is 17.3 Å². The van der Waals surface area contributed by atoms with Crippen LogP contribution in [-0.4, -0.2) is 50.5 Å². The summed E-state index contributed by atoms with van der Waals surface area (Å²) in [7, 11) is 0. The molecule has 3 rings (SSSR count). The number of nitrogens with zero attached hydrogens (tertiary/aromatic N) is 5. The summed E-state index contributed by atoms with van der Waals surface area (Å²) in [5.74, 6) is 1.10. The maximum atomic E-state index is 12.2. The third kappa shape index (κ3) is 8.76. The number of anilines is 3. The minimum absolute atomic E-state index is 0.0594. The first-order chi connectivity index (χ1) is 15.9. The molecule has 5 N–H and O–H groups in total. The molecule has 0 amide bonds. The highest BCUT2D eigenvalue weighted by atomic mass is 32.1. The molecular weight excluding hydrogens is 459 g/mol. The summed E-state index contributed by atoms with van der Waals surface area (Å²) in [6.45, 7) is 0.126. The van der Waals surface area contributed by atoms with Crippen LogP contribution in [0.15, 0.2) is 47.6 Å². The number of benzene rings is 1. The van der Waals surface area contributed by atoms with Crippen LogP contribution >= 0.6 is 11.7 Å². The molecular formula is C19H22F3N9OS. The fraction of sp³-hybridized carbons (Fsp3) is 0.316. The van der Waals surface area contributed by atoms with Crippen molar-refractivity contribution in [1.29, 1.82) is 0 Å². The Hall–Kier alpha value is -3.68. The minimum atomic E-state index is -4.44. The average Bonchev–Trinajstić information content (AvgIpc) is 3.24. The number of nitrogens with one attached hydrogen (secondary N) is 3. The van der Waals surface area contributed by atoms with E-state index in [-0.39, 0.29) is 11.8 Å². The summed E-state index contributed by atoms with van der Waals surface area (Å²) in [6.07, 6.45) is -2.43. The molecule has 0 fully saturated rings. The Bertz CT molecular complexity index is 1030. The highest BCUT2D eigenvalue weighted by molar-refractivity contribution is 6.99. The second-order valence-electron chi connectivity index (χ2n) is 6.60. The molecule has 176 valence electrons. The maximum Gasteiger partial charge on any atom is 0.408 e. The average molecular weight is 482 g/mol. The maximum absolute atomic E-state index is 12.2. The van der Waals surface area contributed by atoms with Crippen LogP contribution in [0.4, 0.5) is 30.6 Å². The third-order valence-electron chi connectivity index (χ3n) is 3.95. The molecule has 0 aliphatic rings. The lowest BCUT2D eigenvalue weighted by Crippen LogP contribution is -2.26. The van der Waals surface area contributed by atoms with Crippen LogP contribution in [0, 0.1) is 0 Å². The van der Waals surface area contributed by atoms with Gasteiger partial charge in [0.15, 0.2) is 17.6 Å². The normalized spacial score (nSPS) is 11.8. The number of nitrogens with two attached hydrogens (primary N) is 1. The molecule has 0 unspecified atom stereocenters. The number of rotatable bonds is 11. The molecule has 0 bridgehead atoms. The van der Waals surface area contributed by atoms with E-state index in [0.29, 0.717) is 37.8 Å². The summed E-state index contributed by atoms with van der Waals surface area (Å²) in [4.78, 5) is 11.2. The van der Waals surface area contributed by atoms with Crippen molar-refractivity contribution in [3.05, 3.63) is 48.2 Å². The highest BCUT2D eigenvalue weighted by Crippen LogP contribution is 2.19. The van der Waals surface area contributed by atoms with Gasteiger partial charge in [-0.05, 0) is 18.1 Å². The third-order valence-corrected chi connectivity index (χ3v) is 4.48. The Balaban J connectivity index is 1.39. The minimum Gasteiger partial charge on any atom is -0.463 e. The molecule has 0 radical (unpaired) electrons. The van der Waals surface area contributed by atoms with Gasteiger partial charge in [0.05, 0.1) is 18.3 Å². The summed E-state index contributed by atoms with van der Waals surface area (Å²) in [5.41, 5.74) is 6.56. The monoisotopic (exact) mass is 481 g/mol. The van der Waals surface area contributed by atoms with Crippen molar-refractivity contribution < 1.29 is 17.9 Å². The van der Waals surface area contributed by atoms with Gasteiger partial charge in [0.1, 0.15) is 12.4 Å². The number of aromatic nitrogens is 4. The number of hydrogen-bond acceptors (Lipinski definition) is 9. The molecule has 0 aliphatic heterocycles. The van der Waals surface area contributed by atoms with Crippen LogP contribution in [0.1, 0.15) is 12.0 Å². The molecule has 0 atom stereocenters. The zero-order valence-corrected chi connectivity index (χ0v) is 18.2. The topological polar surface area (TPSA) is 135 Å². The lowest BCUT2D eigenvalue weighted by Gasteiger charge is -2.09. The first-order valence-corrected chi connectivity index (χ1v) is 10.6. The predicted molar refractivity (Wildman–Crippen MR) is 120 cm³/mol. The highest BCUT2D eigenvalue weighted by Gasteiger charge is 2.26. The number of halogens is 3. The van der Waals surface area contributed by atoms with Crippen LogP contribution in [0.3, 0.4) is 0 Å². The fourth-order valence-corrected chi connectivity index (χ4v) is 2.98. The quantitative estimate of drug-likeness (QED) is 0.185. The van der Waals surface area contributed by atoms with E-state index in [1.54, 1.807) is 0 Å². The fourth-order valence-electron chi connectivity index (χ4n) is 2.47. The smallest absolute Gasteiger partial charge is 0.408 e. The van der Waals surface area contributed by atoms with E-state index >= 15 is 0 Å². The van der Waals surface area contributed by atoms with E-state index in [1.807, 2.05) is 30.3 Å². The van der Waals surface area contributed by atoms with Gasteiger partial charge in [-0.15, -0.1) is 0 Å². The molecule has 2 aromatic heterocycles. The summed E-state index contributed by atoms with van der Waals surface area (Å²) in [6, 6.07) is 11.4. The second kappa shape index (κ2) is 11.8. The number of guanidine groups is 1. The lowest BCUT2D eigenvalue weighted by atomic mass is 10.2. The van der Waals surface area contributed by atoms with Gasteiger partial charge in [0.25, 0.3) is 0 Å². The SMILES string of the molecule is N/C(=N/CC(F)(F)F)Nc1ccnc(OCCCNc2nsnc2NCc2ccccc2)n1. The predicted octanol–water partition coefficient (Wildman–Crippen LogP) is 3.11. The summed E-state index contributed by atoms with van der Waals surface area (Å²) in [5, 5.41) is 8.91. The van der Waals surface area contributed by atoms with Gasteiger partial charge in [-0.2, -0.15) is 26.9 Å². The van der Waals surface area contributed by atoms with E-state index in [2.05, 4.69) is 39.7 Å². The zero-order chi connectivity index (χ0) is 23.5. The zero-order valence-electron chi connectivity index (χ0n) is 17.3. The molecule has 0 saturated heterocycles. The number of aliphatic imine (C=N–C) groups is 1. The largest absolute Gasteiger partial charge is 0.463 e. The van der Waals surface area contributed by atoms with Crippen molar-refractivity contribution in [2.45, 2.75) is 19.1 Å². The Kier molecular flexibility index (Phi) is 8.57. The Morgan fingerprint density at radius 2 is 1.85 bits per heavy atom. The molecule has 3 aromatic rings. The van der Waals surface area contributed by atoms with Gasteiger partial charge >= 0.3 is 12.2 Å². The van der Waals surface area contributed by atoms with E-state index < -0.39 is 18.7 Å². The van der Waals surface area contributed by atoms with Crippen molar-refractivity contribution in [1.82, 2.24) is 18.7 Å². The Morgan fingerprint density at radius 3 is 2.61 bits per heavy atom. The van der Waals surface area contributed by atoms with E-state index in [4.69, 9.17) is 10.5 Å². The van der Waals surface area contributed by atoms with Crippen molar-refractivity contribution in [3.8, 4) is 6.01 Å². The summed E-state index contributed by atoms with van der Waals surface area (Å²) >= 11 is 1.11. The van der Waals surface area contributed by atoms with E-state index in [1.165, 1.54) is 12.3 Å². The molecule has 14 heteroatoms. The lowest BCUT2D eigenvalue weighted by molar-refractivity contribution is -0.118. The molecule has 2 heterocycles. The van der Waals surface area contributed by atoms with Crippen LogP contribution in [0.25, 0.3) is 0 Å². The molecule has 0 spiro atoms. The van der Waals surface area contributed by atoms with Gasteiger partial charge in [-0.3, -0.25) is 0 Å². The molecule has 10 nitrogen and oxygen atoms in total. The number of hydrogen-bond donors (Lipinski definition) is 4. The Labute approximate surface area is 191 Å². The first kappa shape index (κ1) is 24.0. The molecule has 1 aromatic carbocycles. The number of ether oxygens (including phenoxy) is 1. The van der Waals surface area contributed by atoms with Crippen LogP contribution in [0.5, 0.6) is 6.01 Å². The van der Waals surface area contributed by atoms with Gasteiger partial charge in [0, 0.05) is 19.3 Å². The van der Waals surface area contributed by atoms with Gasteiger partial charge in [0.2, 0.25) is 0 Å². The first-order valence-electron chi connectivity index (χ1n) is 9.83. The summed E-state index contributed by atoms with van der Waals surface area (Å²) < 4.78 is 50.6. The molecule has 0 aliphatic carbocycles. The van der Waals surface area contributed by atoms with Crippen LogP contribution < -0.4 is 26.4 Å². The van der Waals surface area contributed by atoms with Crippen molar-refractivity contribution >= 4 is 35.1 Å². The van der Waals surface area contributed by atoms with Crippen LogP contribution in [0.2, 0.25) is 0 Å². The molecule has 33 heavy (non-hydrogen) atoms. The Morgan fingerprint density at radius 1 is 1.09 bits per heavy atom. The van der Waals surface area contributed by atoms with Crippen molar-refractivity contribution in [2.24, 2.45) is 10.7 Å². The number of alkyl halides is 3. The second-order valence-corrected chi connectivity index (χ2v) is 7.12. The van der Waals surface area contributed by atoms with Crippen LogP contribution in [-0.2, 0) is 6.54 Å². The molecule has 0 saturated carbocycles. The van der Waals surface area contributed by atoms with Crippen molar-refractivity contribution in [2.75, 3.05) is 35.6 Å². The van der Waals surface area contributed by atoms with Gasteiger partial charge < -0.3 is 26.4 Å².